The SMILES string of the molecule is CCCCCNC(=O)C(c1ccc(C)cc1)N(C)C(=O)C(NC(=O)OC(C)(C)C)C(C)CC. The summed E-state index contributed by atoms with van der Waals surface area (Å²) in [7, 11) is 1.62. The molecular weight excluding hydrogens is 418 g/mol. The summed E-state index contributed by atoms with van der Waals surface area (Å²) in [5.74, 6) is -0.700. The van der Waals surface area contributed by atoms with Crippen molar-refractivity contribution in [1.29, 1.82) is 0 Å². The van der Waals surface area contributed by atoms with Gasteiger partial charge >= 0.3 is 6.09 Å². The largest absolute Gasteiger partial charge is 0.444 e. The Labute approximate surface area is 199 Å². The smallest absolute Gasteiger partial charge is 0.408 e. The van der Waals surface area contributed by atoms with Crippen molar-refractivity contribution in [3.05, 3.63) is 35.4 Å². The number of likely N-dealkylation sites (N-methyl/N-ethyl adjacent to an activating group) is 1. The summed E-state index contributed by atoms with van der Waals surface area (Å²) in [6.07, 6.45) is 3.00. The second-order valence-electron chi connectivity index (χ2n) is 9.77. The van der Waals surface area contributed by atoms with Crippen molar-refractivity contribution in [2.24, 2.45) is 5.92 Å². The summed E-state index contributed by atoms with van der Waals surface area (Å²) in [6.45, 7) is 13.8. The molecule has 0 radical (unpaired) electrons. The zero-order valence-electron chi connectivity index (χ0n) is 21.7. The monoisotopic (exact) mass is 461 g/mol. The van der Waals surface area contributed by atoms with Crippen LogP contribution in [0.3, 0.4) is 0 Å². The molecule has 1 aromatic rings. The Morgan fingerprint density at radius 3 is 2.18 bits per heavy atom. The zero-order chi connectivity index (χ0) is 25.2. The van der Waals surface area contributed by atoms with Crippen LogP contribution in [0, 0.1) is 12.8 Å². The molecule has 0 spiro atoms. The Bertz CT molecular complexity index is 771. The average molecular weight is 462 g/mol. The maximum atomic E-state index is 13.6. The highest BCUT2D eigenvalue weighted by atomic mass is 16.6. The van der Waals surface area contributed by atoms with E-state index < -0.39 is 23.8 Å². The molecular formula is C26H43N3O4. The molecule has 0 bridgehead atoms. The van der Waals surface area contributed by atoms with Crippen molar-refractivity contribution in [3.63, 3.8) is 0 Å². The lowest BCUT2D eigenvalue weighted by atomic mass is 9.96. The van der Waals surface area contributed by atoms with Gasteiger partial charge in [0.1, 0.15) is 17.7 Å². The number of aryl methyl sites for hydroxylation is 1. The summed E-state index contributed by atoms with van der Waals surface area (Å²) in [6, 6.07) is 5.98. The molecule has 0 heterocycles. The fourth-order valence-electron chi connectivity index (χ4n) is 3.45. The highest BCUT2D eigenvalue weighted by molar-refractivity contribution is 5.92. The number of nitrogens with one attached hydrogen (secondary N) is 2. The molecule has 0 aliphatic heterocycles. The molecule has 3 unspecified atom stereocenters. The minimum Gasteiger partial charge on any atom is -0.444 e. The van der Waals surface area contributed by atoms with Crippen LogP contribution in [-0.4, -0.2) is 48.0 Å². The van der Waals surface area contributed by atoms with Gasteiger partial charge in [0.2, 0.25) is 11.8 Å². The maximum Gasteiger partial charge on any atom is 0.408 e. The molecule has 3 atom stereocenters. The number of benzene rings is 1. The quantitative estimate of drug-likeness (QED) is 0.466. The summed E-state index contributed by atoms with van der Waals surface area (Å²) < 4.78 is 5.37. The van der Waals surface area contributed by atoms with Crippen molar-refractivity contribution in [1.82, 2.24) is 15.5 Å². The number of ether oxygens (including phenoxy) is 1. The van der Waals surface area contributed by atoms with Gasteiger partial charge in [0, 0.05) is 13.6 Å². The van der Waals surface area contributed by atoms with Crippen LogP contribution in [-0.2, 0) is 14.3 Å². The third-order valence-corrected chi connectivity index (χ3v) is 5.61. The van der Waals surface area contributed by atoms with Gasteiger partial charge in [0.05, 0.1) is 0 Å². The van der Waals surface area contributed by atoms with Crippen LogP contribution >= 0.6 is 0 Å². The zero-order valence-corrected chi connectivity index (χ0v) is 21.7. The van der Waals surface area contributed by atoms with E-state index in [2.05, 4.69) is 17.6 Å². The molecule has 1 aromatic carbocycles. The molecule has 7 heteroatoms. The van der Waals surface area contributed by atoms with E-state index in [0.29, 0.717) is 13.0 Å². The Hall–Kier alpha value is -2.57. The molecule has 0 aliphatic rings. The van der Waals surface area contributed by atoms with E-state index in [1.807, 2.05) is 45.0 Å². The molecule has 3 amide bonds. The van der Waals surface area contributed by atoms with E-state index in [1.54, 1.807) is 27.8 Å². The van der Waals surface area contributed by atoms with Crippen LogP contribution < -0.4 is 10.6 Å². The first-order valence-corrected chi connectivity index (χ1v) is 12.0. The van der Waals surface area contributed by atoms with Crippen molar-refractivity contribution in [2.75, 3.05) is 13.6 Å². The molecule has 2 N–H and O–H groups in total. The number of carbonyl (C=O) groups excluding carboxylic acids is 3. The van der Waals surface area contributed by atoms with Gasteiger partial charge in [0.25, 0.3) is 0 Å². The topological polar surface area (TPSA) is 87.7 Å². The van der Waals surface area contributed by atoms with E-state index in [1.165, 1.54) is 4.90 Å². The van der Waals surface area contributed by atoms with Crippen LogP contribution in [0.25, 0.3) is 0 Å². The Kier molecular flexibility index (Phi) is 11.4. The molecule has 186 valence electrons. The number of amides is 3. The van der Waals surface area contributed by atoms with Crippen molar-refractivity contribution >= 4 is 17.9 Å². The van der Waals surface area contributed by atoms with E-state index in [9.17, 15) is 14.4 Å². The normalized spacial score (nSPS) is 14.1. The van der Waals surface area contributed by atoms with E-state index >= 15 is 0 Å². The van der Waals surface area contributed by atoms with Gasteiger partial charge in [-0.25, -0.2) is 4.79 Å². The molecule has 7 nitrogen and oxygen atoms in total. The fraction of sp³-hybridized carbons (Fsp3) is 0.654. The highest BCUT2D eigenvalue weighted by Gasteiger charge is 2.36. The number of hydrogen-bond donors (Lipinski definition) is 2. The molecule has 0 aromatic heterocycles. The van der Waals surface area contributed by atoms with E-state index in [-0.39, 0.29) is 17.7 Å². The van der Waals surface area contributed by atoms with Crippen molar-refractivity contribution in [2.45, 2.75) is 91.8 Å². The lowest BCUT2D eigenvalue weighted by Crippen LogP contribution is -2.54. The summed E-state index contributed by atoms with van der Waals surface area (Å²) in [4.78, 5) is 40.7. The predicted molar refractivity (Wildman–Crippen MR) is 132 cm³/mol. The number of alkyl carbamates (subject to hydrolysis) is 1. The molecule has 33 heavy (non-hydrogen) atoms. The number of carbonyl (C=O) groups is 3. The number of rotatable bonds is 11. The minimum atomic E-state index is -0.810. The van der Waals surface area contributed by atoms with Gasteiger partial charge in [-0.3, -0.25) is 9.59 Å². The fourth-order valence-corrected chi connectivity index (χ4v) is 3.45. The van der Waals surface area contributed by atoms with Gasteiger partial charge in [-0.1, -0.05) is 69.9 Å². The van der Waals surface area contributed by atoms with Gasteiger partial charge in [0.15, 0.2) is 0 Å². The number of unbranched alkanes of at least 4 members (excludes halogenated alkanes) is 2. The summed E-state index contributed by atoms with van der Waals surface area (Å²) in [5, 5.41) is 5.71. The van der Waals surface area contributed by atoms with Gasteiger partial charge in [-0.15, -0.1) is 0 Å². The third-order valence-electron chi connectivity index (χ3n) is 5.61. The molecule has 1 rings (SSSR count). The standard InChI is InChI=1S/C26H43N3O4/c1-9-11-12-17-27-23(30)22(20-15-13-18(3)14-16-20)29(8)24(31)21(19(4)10-2)28-25(32)33-26(5,6)7/h13-16,19,21-22H,9-12,17H2,1-8H3,(H,27,30)(H,28,32). The summed E-state index contributed by atoms with van der Waals surface area (Å²) >= 11 is 0. The molecule has 0 aliphatic carbocycles. The van der Waals surface area contributed by atoms with Gasteiger partial charge in [-0.05, 0) is 45.6 Å². The van der Waals surface area contributed by atoms with Crippen LogP contribution in [0.2, 0.25) is 0 Å². The van der Waals surface area contributed by atoms with Crippen LogP contribution in [0.1, 0.15) is 84.4 Å². The first-order valence-electron chi connectivity index (χ1n) is 12.0. The van der Waals surface area contributed by atoms with E-state index in [0.717, 1.165) is 30.4 Å². The van der Waals surface area contributed by atoms with Crippen LogP contribution in [0.15, 0.2) is 24.3 Å². The van der Waals surface area contributed by atoms with Gasteiger partial charge < -0.3 is 20.3 Å². The van der Waals surface area contributed by atoms with E-state index in [4.69, 9.17) is 4.74 Å². The van der Waals surface area contributed by atoms with Crippen molar-refractivity contribution < 1.29 is 19.1 Å². The molecule has 0 saturated heterocycles. The number of nitrogens with zero attached hydrogens (tertiary/aromatic N) is 1. The van der Waals surface area contributed by atoms with Gasteiger partial charge in [-0.2, -0.15) is 0 Å². The van der Waals surface area contributed by atoms with Crippen LogP contribution in [0.4, 0.5) is 4.79 Å². The predicted octanol–water partition coefficient (Wildman–Crippen LogP) is 4.74. The minimum absolute atomic E-state index is 0.140. The lowest BCUT2D eigenvalue weighted by Gasteiger charge is -2.33. The number of hydrogen-bond acceptors (Lipinski definition) is 4. The molecule has 0 saturated carbocycles. The van der Waals surface area contributed by atoms with Crippen LogP contribution in [0.5, 0.6) is 0 Å². The highest BCUT2D eigenvalue weighted by Crippen LogP contribution is 2.23. The first-order chi connectivity index (χ1) is 15.4. The Morgan fingerprint density at radius 1 is 1.06 bits per heavy atom. The first kappa shape index (κ1) is 28.5. The lowest BCUT2D eigenvalue weighted by molar-refractivity contribution is -0.141. The third kappa shape index (κ3) is 9.44. The maximum absolute atomic E-state index is 13.6. The average Bonchev–Trinajstić information content (AvgIpc) is 2.74. The second kappa shape index (κ2) is 13.2. The Morgan fingerprint density at radius 2 is 1.67 bits per heavy atom. The molecule has 0 fully saturated rings. The second-order valence-corrected chi connectivity index (χ2v) is 9.77. The Balaban J connectivity index is 3.17. The van der Waals surface area contributed by atoms with Crippen molar-refractivity contribution in [3.8, 4) is 0 Å². The summed E-state index contributed by atoms with van der Waals surface area (Å²) in [5.41, 5.74) is 1.12.